The monoisotopic (exact) mass is 504 g/mol. The number of rotatable bonds is 8. The summed E-state index contributed by atoms with van der Waals surface area (Å²) in [5.74, 6) is -0.390. The van der Waals surface area contributed by atoms with E-state index in [1.54, 1.807) is 19.1 Å². The number of nitrogens with zero attached hydrogens (tertiary/aromatic N) is 1. The van der Waals surface area contributed by atoms with E-state index >= 15 is 0 Å². The number of hydrogen-bond acceptors (Lipinski definition) is 4. The van der Waals surface area contributed by atoms with E-state index in [1.165, 1.54) is 28.2 Å². The summed E-state index contributed by atoms with van der Waals surface area (Å²) in [6.07, 6.45) is 0. The highest BCUT2D eigenvalue weighted by Gasteiger charge is 2.25. The zero-order chi connectivity index (χ0) is 21.6. The number of carbonyl (C=O) groups excluding carboxylic acids is 1. The van der Waals surface area contributed by atoms with Crippen LogP contribution in [-0.4, -0.2) is 31.7 Å². The fraction of sp³-hybridized carbons (Fsp3) is 0.136. The number of nitrogens with one attached hydrogen (secondary N) is 1. The maximum Gasteiger partial charge on any atom is 0.243 e. The van der Waals surface area contributed by atoms with Crippen LogP contribution in [0, 0.1) is 0 Å². The van der Waals surface area contributed by atoms with Gasteiger partial charge in [-0.15, -0.1) is 0 Å². The summed E-state index contributed by atoms with van der Waals surface area (Å²) < 4.78 is 27.7. The second-order valence-corrected chi connectivity index (χ2v) is 10.3. The second kappa shape index (κ2) is 10.3. The minimum atomic E-state index is -3.77. The maximum atomic E-state index is 12.9. The normalized spacial score (nSPS) is 11.4. The molecule has 1 amide bonds. The van der Waals surface area contributed by atoms with Crippen molar-refractivity contribution < 1.29 is 13.2 Å². The third-order valence-electron chi connectivity index (χ3n) is 4.26. The minimum absolute atomic E-state index is 0.153. The van der Waals surface area contributed by atoms with Crippen molar-refractivity contribution in [2.75, 3.05) is 18.4 Å². The molecule has 0 aliphatic carbocycles. The molecular weight excluding hydrogens is 484 g/mol. The second-order valence-electron chi connectivity index (χ2n) is 6.34. The lowest BCUT2D eigenvalue weighted by molar-refractivity contribution is -0.116. The van der Waals surface area contributed by atoms with Crippen LogP contribution in [0.3, 0.4) is 0 Å². The summed E-state index contributed by atoms with van der Waals surface area (Å²) in [4.78, 5) is 14.8. The third kappa shape index (κ3) is 5.72. The number of halogens is 1. The van der Waals surface area contributed by atoms with Gasteiger partial charge in [0.25, 0.3) is 0 Å². The number of sulfonamides is 1. The topological polar surface area (TPSA) is 66.5 Å². The van der Waals surface area contributed by atoms with Crippen molar-refractivity contribution in [1.29, 1.82) is 0 Å². The highest BCUT2D eigenvalue weighted by Crippen LogP contribution is 2.33. The first-order valence-corrected chi connectivity index (χ1v) is 12.3. The first kappa shape index (κ1) is 22.6. The van der Waals surface area contributed by atoms with Gasteiger partial charge in [-0.05, 0) is 48.5 Å². The quantitative estimate of drug-likeness (QED) is 0.454. The molecule has 0 saturated carbocycles. The fourth-order valence-corrected chi connectivity index (χ4v) is 5.34. The zero-order valence-electron chi connectivity index (χ0n) is 16.3. The van der Waals surface area contributed by atoms with Crippen LogP contribution in [0.2, 0.25) is 0 Å². The zero-order valence-corrected chi connectivity index (χ0v) is 19.5. The lowest BCUT2D eigenvalue weighted by atomic mass is 10.3. The molecule has 0 saturated heterocycles. The van der Waals surface area contributed by atoms with Gasteiger partial charge in [-0.2, -0.15) is 4.31 Å². The van der Waals surface area contributed by atoms with Gasteiger partial charge in [-0.25, -0.2) is 8.42 Å². The van der Waals surface area contributed by atoms with Crippen molar-refractivity contribution in [2.45, 2.75) is 21.6 Å². The first-order valence-electron chi connectivity index (χ1n) is 9.27. The van der Waals surface area contributed by atoms with Crippen LogP contribution in [0.1, 0.15) is 6.92 Å². The molecular formula is C22H21BrN2O3S2. The van der Waals surface area contributed by atoms with Gasteiger partial charge in [0.1, 0.15) is 0 Å². The largest absolute Gasteiger partial charge is 0.324 e. The van der Waals surface area contributed by atoms with Gasteiger partial charge in [0.2, 0.25) is 15.9 Å². The fourth-order valence-electron chi connectivity index (χ4n) is 2.75. The minimum Gasteiger partial charge on any atom is -0.324 e. The molecule has 3 rings (SSSR count). The Morgan fingerprint density at radius 3 is 2.27 bits per heavy atom. The summed E-state index contributed by atoms with van der Waals surface area (Å²) in [7, 11) is -3.77. The third-order valence-corrected chi connectivity index (χ3v) is 7.80. The van der Waals surface area contributed by atoms with E-state index in [0.717, 1.165) is 14.3 Å². The van der Waals surface area contributed by atoms with Gasteiger partial charge in [-0.1, -0.05) is 64.9 Å². The van der Waals surface area contributed by atoms with Gasteiger partial charge in [0, 0.05) is 20.8 Å². The number of para-hydroxylation sites is 1. The summed E-state index contributed by atoms with van der Waals surface area (Å²) in [6.45, 7) is 1.63. The molecule has 0 aliphatic heterocycles. The van der Waals surface area contributed by atoms with Crippen LogP contribution in [0.25, 0.3) is 0 Å². The van der Waals surface area contributed by atoms with Gasteiger partial charge < -0.3 is 5.32 Å². The van der Waals surface area contributed by atoms with Crippen LogP contribution < -0.4 is 5.32 Å². The molecule has 0 bridgehead atoms. The first-order chi connectivity index (χ1) is 14.4. The molecule has 3 aromatic rings. The van der Waals surface area contributed by atoms with Gasteiger partial charge >= 0.3 is 0 Å². The molecule has 0 fully saturated rings. The Kier molecular flexibility index (Phi) is 7.71. The van der Waals surface area contributed by atoms with Crippen molar-refractivity contribution in [1.82, 2.24) is 4.31 Å². The Morgan fingerprint density at radius 1 is 0.967 bits per heavy atom. The van der Waals surface area contributed by atoms with Crippen LogP contribution in [-0.2, 0) is 14.8 Å². The van der Waals surface area contributed by atoms with Crippen molar-refractivity contribution >= 4 is 49.3 Å². The lowest BCUT2D eigenvalue weighted by Crippen LogP contribution is -2.37. The summed E-state index contributed by atoms with van der Waals surface area (Å²) >= 11 is 4.83. The van der Waals surface area contributed by atoms with E-state index in [4.69, 9.17) is 0 Å². The molecule has 3 aromatic carbocycles. The molecule has 0 aliphatic rings. The molecule has 156 valence electrons. The molecule has 0 radical (unpaired) electrons. The molecule has 0 aromatic heterocycles. The Hall–Kier alpha value is -2.13. The number of benzene rings is 3. The van der Waals surface area contributed by atoms with Crippen LogP contribution in [0.5, 0.6) is 0 Å². The van der Waals surface area contributed by atoms with E-state index < -0.39 is 15.9 Å². The number of carbonyl (C=O) groups is 1. The van der Waals surface area contributed by atoms with Gasteiger partial charge in [0.15, 0.2) is 0 Å². The number of amides is 1. The van der Waals surface area contributed by atoms with Crippen LogP contribution >= 0.6 is 27.7 Å². The van der Waals surface area contributed by atoms with E-state index in [9.17, 15) is 13.2 Å². The maximum absolute atomic E-state index is 12.9. The predicted molar refractivity (Wildman–Crippen MR) is 124 cm³/mol. The number of anilines is 1. The molecule has 0 atom stereocenters. The highest BCUT2D eigenvalue weighted by molar-refractivity contribution is 9.10. The summed E-state index contributed by atoms with van der Waals surface area (Å²) in [6, 6.07) is 23.7. The molecule has 0 unspecified atom stereocenters. The summed E-state index contributed by atoms with van der Waals surface area (Å²) in [5, 5.41) is 2.85. The average molecular weight is 505 g/mol. The smallest absolute Gasteiger partial charge is 0.243 e. The van der Waals surface area contributed by atoms with E-state index in [0.29, 0.717) is 5.69 Å². The Balaban J connectivity index is 1.74. The number of hydrogen-bond donors (Lipinski definition) is 1. The van der Waals surface area contributed by atoms with Gasteiger partial charge in [0.05, 0.1) is 17.1 Å². The van der Waals surface area contributed by atoms with E-state index in [-0.39, 0.29) is 18.0 Å². The van der Waals surface area contributed by atoms with E-state index in [1.807, 2.05) is 54.6 Å². The Bertz CT molecular complexity index is 1100. The van der Waals surface area contributed by atoms with Crippen LogP contribution in [0.15, 0.2) is 98.0 Å². The Labute approximate surface area is 189 Å². The van der Waals surface area contributed by atoms with E-state index in [2.05, 4.69) is 21.2 Å². The average Bonchev–Trinajstić information content (AvgIpc) is 2.74. The van der Waals surface area contributed by atoms with Crippen LogP contribution in [0.4, 0.5) is 5.69 Å². The molecule has 8 heteroatoms. The lowest BCUT2D eigenvalue weighted by Gasteiger charge is -2.20. The van der Waals surface area contributed by atoms with Crippen molar-refractivity contribution in [3.05, 3.63) is 83.3 Å². The molecule has 30 heavy (non-hydrogen) atoms. The molecule has 0 heterocycles. The van der Waals surface area contributed by atoms with Gasteiger partial charge in [-0.3, -0.25) is 4.79 Å². The SMILES string of the molecule is CCN(CC(=O)Nc1ccccc1Sc1ccccc1)S(=O)(=O)c1ccc(Br)cc1. The standard InChI is InChI=1S/C22H21BrN2O3S2/c1-2-25(30(27,28)19-14-12-17(23)13-15-19)16-22(26)24-20-10-6-7-11-21(20)29-18-8-4-3-5-9-18/h3-15H,2,16H2,1H3,(H,24,26). The summed E-state index contributed by atoms with van der Waals surface area (Å²) in [5.41, 5.74) is 0.647. The Morgan fingerprint density at radius 2 is 1.60 bits per heavy atom. The predicted octanol–water partition coefficient (Wildman–Crippen LogP) is 5.25. The van der Waals surface area contributed by atoms with Crippen molar-refractivity contribution in [3.8, 4) is 0 Å². The van der Waals surface area contributed by atoms with Crippen molar-refractivity contribution in [3.63, 3.8) is 0 Å². The molecule has 1 N–H and O–H groups in total. The molecule has 0 spiro atoms. The highest BCUT2D eigenvalue weighted by atomic mass is 79.9. The molecule has 5 nitrogen and oxygen atoms in total. The van der Waals surface area contributed by atoms with Crippen molar-refractivity contribution in [2.24, 2.45) is 0 Å². The number of likely N-dealkylation sites (N-methyl/N-ethyl adjacent to an activating group) is 1.